The maximum Gasteiger partial charge on any atom is 0.225 e. The van der Waals surface area contributed by atoms with E-state index in [1.54, 1.807) is 0 Å². The molecule has 2 rings (SSSR count). The van der Waals surface area contributed by atoms with Crippen LogP contribution in [0.1, 0.15) is 25.3 Å². The molecule has 1 aliphatic carbocycles. The number of aryl methyl sites for hydroxylation is 1. The molecule has 0 saturated heterocycles. The second-order valence-electron chi connectivity index (χ2n) is 4.60. The Hall–Kier alpha value is -1.16. The monoisotopic (exact) mass is 220 g/mol. The molecule has 0 radical (unpaired) electrons. The second-order valence-corrected chi connectivity index (χ2v) is 4.60. The van der Waals surface area contributed by atoms with Crippen molar-refractivity contribution < 1.29 is 0 Å². The van der Waals surface area contributed by atoms with Gasteiger partial charge in [-0.2, -0.15) is 0 Å². The van der Waals surface area contributed by atoms with Crippen molar-refractivity contribution >= 4 is 5.95 Å². The molecule has 2 N–H and O–H groups in total. The van der Waals surface area contributed by atoms with Gasteiger partial charge in [0.05, 0.1) is 0 Å². The first-order valence-corrected chi connectivity index (χ1v) is 6.00. The number of nitrogens with zero attached hydrogens (tertiary/aromatic N) is 3. The highest BCUT2D eigenvalue weighted by Gasteiger charge is 2.29. The number of rotatable bonds is 5. The highest BCUT2D eigenvalue weighted by atomic mass is 15.2. The lowest BCUT2D eigenvalue weighted by molar-refractivity contribution is 0.571. The molecule has 0 bridgehead atoms. The van der Waals surface area contributed by atoms with E-state index in [-0.39, 0.29) is 6.04 Å². The molecule has 1 unspecified atom stereocenters. The van der Waals surface area contributed by atoms with Crippen LogP contribution in [-0.2, 0) is 0 Å². The van der Waals surface area contributed by atoms with Gasteiger partial charge in [0.1, 0.15) is 0 Å². The van der Waals surface area contributed by atoms with Gasteiger partial charge in [-0.05, 0) is 38.2 Å². The van der Waals surface area contributed by atoms with Crippen molar-refractivity contribution in [3.63, 3.8) is 0 Å². The maximum absolute atomic E-state index is 6.13. The lowest BCUT2D eigenvalue weighted by atomic mass is 10.2. The summed E-state index contributed by atoms with van der Waals surface area (Å²) in [5, 5.41) is 0. The Morgan fingerprint density at radius 2 is 2.06 bits per heavy atom. The highest BCUT2D eigenvalue weighted by Crippen LogP contribution is 2.32. The van der Waals surface area contributed by atoms with Crippen molar-refractivity contribution in [2.45, 2.75) is 32.7 Å². The molecule has 4 nitrogen and oxygen atoms in total. The number of anilines is 1. The summed E-state index contributed by atoms with van der Waals surface area (Å²) in [4.78, 5) is 10.8. The Morgan fingerprint density at radius 3 is 2.56 bits per heavy atom. The summed E-state index contributed by atoms with van der Waals surface area (Å²) in [5.74, 6) is 1.52. The average molecular weight is 220 g/mol. The van der Waals surface area contributed by atoms with Gasteiger partial charge < -0.3 is 10.6 Å². The van der Waals surface area contributed by atoms with E-state index in [1.807, 2.05) is 19.3 Å². The lowest BCUT2D eigenvalue weighted by Gasteiger charge is -2.24. The summed E-state index contributed by atoms with van der Waals surface area (Å²) < 4.78 is 0. The predicted octanol–water partition coefficient (Wildman–Crippen LogP) is 1.35. The van der Waals surface area contributed by atoms with Crippen molar-refractivity contribution in [2.75, 3.05) is 18.0 Å². The van der Waals surface area contributed by atoms with Crippen molar-refractivity contribution in [2.24, 2.45) is 11.7 Å². The molecule has 0 amide bonds. The summed E-state index contributed by atoms with van der Waals surface area (Å²) in [7, 11) is 0. The van der Waals surface area contributed by atoms with E-state index in [0.717, 1.165) is 30.5 Å². The van der Waals surface area contributed by atoms with Crippen LogP contribution in [-0.4, -0.2) is 29.1 Å². The van der Waals surface area contributed by atoms with Crippen LogP contribution in [0.4, 0.5) is 5.95 Å². The maximum atomic E-state index is 6.13. The molecular weight excluding hydrogens is 200 g/mol. The molecular formula is C12H20N4. The minimum absolute atomic E-state index is 0.268. The third-order valence-electron chi connectivity index (χ3n) is 3.09. The highest BCUT2D eigenvalue weighted by molar-refractivity contribution is 5.29. The molecule has 16 heavy (non-hydrogen) atoms. The van der Waals surface area contributed by atoms with E-state index < -0.39 is 0 Å². The van der Waals surface area contributed by atoms with Crippen molar-refractivity contribution in [1.29, 1.82) is 0 Å². The van der Waals surface area contributed by atoms with Gasteiger partial charge >= 0.3 is 0 Å². The van der Waals surface area contributed by atoms with Gasteiger partial charge in [0.2, 0.25) is 5.95 Å². The Morgan fingerprint density at radius 1 is 1.44 bits per heavy atom. The molecule has 1 atom stereocenters. The van der Waals surface area contributed by atoms with Crippen molar-refractivity contribution in [3.8, 4) is 0 Å². The van der Waals surface area contributed by atoms with Gasteiger partial charge in [-0.1, -0.05) is 0 Å². The zero-order valence-electron chi connectivity index (χ0n) is 10.1. The van der Waals surface area contributed by atoms with E-state index in [0.29, 0.717) is 0 Å². The SMILES string of the molecule is CCN(CC(N)C1CC1)c1ncc(C)cn1. The number of hydrogen-bond donors (Lipinski definition) is 1. The lowest BCUT2D eigenvalue weighted by Crippen LogP contribution is -2.39. The van der Waals surface area contributed by atoms with E-state index in [4.69, 9.17) is 5.73 Å². The average Bonchev–Trinajstić information content (AvgIpc) is 3.11. The Bertz CT molecular complexity index is 331. The quantitative estimate of drug-likeness (QED) is 0.813. The van der Waals surface area contributed by atoms with E-state index >= 15 is 0 Å². The van der Waals surface area contributed by atoms with Crippen LogP contribution < -0.4 is 10.6 Å². The first-order chi connectivity index (χ1) is 7.70. The molecule has 1 aromatic heterocycles. The Kier molecular flexibility index (Phi) is 3.39. The van der Waals surface area contributed by atoms with Crippen LogP contribution in [0.2, 0.25) is 0 Å². The van der Waals surface area contributed by atoms with E-state index in [2.05, 4.69) is 21.8 Å². The molecule has 4 heteroatoms. The number of nitrogens with two attached hydrogens (primary N) is 1. The standard InChI is InChI=1S/C12H20N4/c1-3-16(8-11(13)10-4-5-10)12-14-6-9(2)7-15-12/h6-7,10-11H,3-5,8,13H2,1-2H3. The predicted molar refractivity (Wildman–Crippen MR) is 65.4 cm³/mol. The van der Waals surface area contributed by atoms with Gasteiger partial charge in [0, 0.05) is 31.5 Å². The molecule has 0 spiro atoms. The van der Waals surface area contributed by atoms with Crippen molar-refractivity contribution in [1.82, 2.24) is 9.97 Å². The summed E-state index contributed by atoms with van der Waals surface area (Å²) in [5.41, 5.74) is 7.21. The van der Waals surface area contributed by atoms with Crippen molar-refractivity contribution in [3.05, 3.63) is 18.0 Å². The van der Waals surface area contributed by atoms with E-state index in [1.165, 1.54) is 12.8 Å². The summed E-state index contributed by atoms with van der Waals surface area (Å²) in [6.45, 7) is 5.88. The molecule has 0 aromatic carbocycles. The first-order valence-electron chi connectivity index (χ1n) is 6.00. The molecule has 1 aromatic rings. The van der Waals surface area contributed by atoms with Crippen LogP contribution in [0.3, 0.4) is 0 Å². The molecule has 1 saturated carbocycles. The van der Waals surface area contributed by atoms with E-state index in [9.17, 15) is 0 Å². The van der Waals surface area contributed by atoms with Gasteiger partial charge in [0.15, 0.2) is 0 Å². The Labute approximate surface area is 96.9 Å². The largest absolute Gasteiger partial charge is 0.340 e. The smallest absolute Gasteiger partial charge is 0.225 e. The van der Waals surface area contributed by atoms with Gasteiger partial charge in [-0.25, -0.2) is 9.97 Å². The molecule has 1 heterocycles. The van der Waals surface area contributed by atoms with Crippen LogP contribution >= 0.6 is 0 Å². The van der Waals surface area contributed by atoms with Gasteiger partial charge in [0.25, 0.3) is 0 Å². The Balaban J connectivity index is 2.00. The molecule has 88 valence electrons. The topological polar surface area (TPSA) is 55.0 Å². The zero-order chi connectivity index (χ0) is 11.5. The number of hydrogen-bond acceptors (Lipinski definition) is 4. The molecule has 1 fully saturated rings. The number of likely N-dealkylation sites (N-methyl/N-ethyl adjacent to an activating group) is 1. The fraction of sp³-hybridized carbons (Fsp3) is 0.667. The number of aromatic nitrogens is 2. The minimum Gasteiger partial charge on any atom is -0.340 e. The van der Waals surface area contributed by atoms with Gasteiger partial charge in [-0.15, -0.1) is 0 Å². The third-order valence-corrected chi connectivity index (χ3v) is 3.09. The molecule has 0 aliphatic heterocycles. The molecule has 1 aliphatic rings. The van der Waals surface area contributed by atoms with Crippen LogP contribution in [0, 0.1) is 12.8 Å². The fourth-order valence-corrected chi connectivity index (χ4v) is 1.83. The zero-order valence-corrected chi connectivity index (χ0v) is 10.1. The second kappa shape index (κ2) is 4.78. The summed E-state index contributed by atoms with van der Waals surface area (Å²) in [6, 6.07) is 0.268. The summed E-state index contributed by atoms with van der Waals surface area (Å²) in [6.07, 6.45) is 6.28. The fourth-order valence-electron chi connectivity index (χ4n) is 1.83. The van der Waals surface area contributed by atoms with Gasteiger partial charge in [-0.3, -0.25) is 0 Å². The van der Waals surface area contributed by atoms with Crippen LogP contribution in [0.5, 0.6) is 0 Å². The first kappa shape index (κ1) is 11.3. The minimum atomic E-state index is 0.268. The van der Waals surface area contributed by atoms with Crippen LogP contribution in [0.15, 0.2) is 12.4 Å². The third kappa shape index (κ3) is 2.70. The normalized spacial score (nSPS) is 17.2. The summed E-state index contributed by atoms with van der Waals surface area (Å²) >= 11 is 0. The van der Waals surface area contributed by atoms with Crippen LogP contribution in [0.25, 0.3) is 0 Å².